The molecule has 1 saturated carbocycles. The van der Waals surface area contributed by atoms with Crippen LogP contribution in [0.3, 0.4) is 0 Å². The third-order valence-corrected chi connectivity index (χ3v) is 16.2. The van der Waals surface area contributed by atoms with E-state index in [0.717, 1.165) is 83.6 Å². The molecule has 16 rings (SSSR count). The van der Waals surface area contributed by atoms with E-state index in [9.17, 15) is 9.90 Å². The van der Waals surface area contributed by atoms with Crippen molar-refractivity contribution < 1.29 is 20.1 Å². The largest absolute Gasteiger partial charge is 0.394 e. The van der Waals surface area contributed by atoms with Gasteiger partial charge in [-0.2, -0.15) is 20.4 Å². The molecule has 442 valence electrons. The number of nitrogens with one attached hydrogen (secondary N) is 1. The number of fused-ring (bicyclic) bond motifs is 6. The number of aryl methyl sites for hydroxylation is 1. The van der Waals surface area contributed by atoms with Crippen LogP contribution >= 0.6 is 22.7 Å². The Morgan fingerprint density at radius 2 is 1.16 bits per heavy atom. The quantitative estimate of drug-likeness (QED) is 0.0922. The molecule has 1 fully saturated rings. The Bertz CT molecular complexity index is 4960. The Balaban J connectivity index is 0.000000116. The lowest BCUT2D eigenvalue weighted by Gasteiger charge is -2.05. The second-order valence-electron chi connectivity index (χ2n) is 20.6. The van der Waals surface area contributed by atoms with Crippen molar-refractivity contribution in [3.8, 4) is 33.8 Å². The van der Waals surface area contributed by atoms with Crippen molar-refractivity contribution in [1.29, 1.82) is 0 Å². The molecule has 1 aliphatic rings. The zero-order valence-electron chi connectivity index (χ0n) is 46.9. The number of rotatable bonds is 18. The van der Waals surface area contributed by atoms with Gasteiger partial charge < -0.3 is 25.0 Å². The highest BCUT2D eigenvalue weighted by Gasteiger charge is 2.24. The fourth-order valence-corrected chi connectivity index (χ4v) is 11.6. The number of thiophene rings is 1. The lowest BCUT2D eigenvalue weighted by Crippen LogP contribution is -2.29. The molecule has 32 heteroatoms. The lowest BCUT2D eigenvalue weighted by molar-refractivity contribution is -0.122. The number of carbonyl (C=O) groups is 1. The summed E-state index contributed by atoms with van der Waals surface area (Å²) in [5.74, 6) is -0.0288. The van der Waals surface area contributed by atoms with Gasteiger partial charge in [0.1, 0.15) is 6.54 Å². The Labute approximate surface area is 504 Å². The smallest absolute Gasteiger partial charge is 0.241 e. The van der Waals surface area contributed by atoms with Gasteiger partial charge in [0.2, 0.25) is 22.8 Å². The highest BCUT2D eigenvalue weighted by atomic mass is 32.1. The molecule has 1 amide bonds. The Hall–Kier alpha value is -10.5. The first-order valence-electron chi connectivity index (χ1n) is 27.9. The van der Waals surface area contributed by atoms with E-state index >= 15 is 0 Å². The predicted molar refractivity (Wildman–Crippen MR) is 322 cm³/mol. The number of aromatic nitrogens is 25. The van der Waals surface area contributed by atoms with Gasteiger partial charge in [0.05, 0.1) is 144 Å². The van der Waals surface area contributed by atoms with Gasteiger partial charge in [0.25, 0.3) is 0 Å². The highest BCUT2D eigenvalue weighted by Crippen LogP contribution is 2.28. The maximum Gasteiger partial charge on any atom is 0.241 e. The summed E-state index contributed by atoms with van der Waals surface area (Å²) in [7, 11) is 0. The first-order valence-corrected chi connectivity index (χ1v) is 29.6. The molecule has 0 spiro atoms. The number of aliphatic hydroxyl groups excluding tert-OH is 3. The molecule has 1 aliphatic carbocycles. The Morgan fingerprint density at radius 3 is 1.74 bits per heavy atom. The van der Waals surface area contributed by atoms with Crippen LogP contribution in [-0.4, -0.2) is 164 Å². The van der Waals surface area contributed by atoms with Crippen LogP contribution < -0.4 is 5.32 Å². The number of carbonyl (C=O) groups excluding carboxylic acids is 1. The summed E-state index contributed by atoms with van der Waals surface area (Å²) in [6.07, 6.45) is 23.4. The highest BCUT2D eigenvalue weighted by molar-refractivity contribution is 7.19. The number of aliphatic hydroxyl groups is 3. The number of pyridine rings is 1. The third-order valence-electron chi connectivity index (χ3n) is 14.4. The van der Waals surface area contributed by atoms with Crippen molar-refractivity contribution in [2.45, 2.75) is 78.2 Å². The van der Waals surface area contributed by atoms with Gasteiger partial charge >= 0.3 is 0 Å². The van der Waals surface area contributed by atoms with Crippen LogP contribution in [0.4, 0.5) is 0 Å². The van der Waals surface area contributed by atoms with Gasteiger partial charge in [-0.05, 0) is 67.3 Å². The number of nitrogens with zero attached hydrogens (tertiary/aromatic N) is 25. The first-order chi connectivity index (χ1) is 43.2. The molecule has 14 heterocycles. The van der Waals surface area contributed by atoms with Gasteiger partial charge in [0.15, 0.2) is 16.9 Å². The Kier molecular flexibility index (Phi) is 15.1. The first kappa shape index (κ1) is 55.3. The molecule has 0 unspecified atom stereocenters. The third kappa shape index (κ3) is 11.7. The minimum Gasteiger partial charge on any atom is -0.394 e. The SMILES string of the molecule is CCn1ncc2sc(Cn3nnc4ncc(-c5cnn(CCO)c5)nc43)cc21.O=C(Cn1cc(-c2cnc3nnn(Cc4ccc5ncsc5c4)c3n2)cn1)NC1CC1.OCCn1cc(-c2cnc3nnn(Cc4ccn5ccc(CO)c5c4)c3n2)cn1. The molecule has 0 saturated heterocycles. The average Bonchev–Trinajstić information content (AvgIpc) is 2.89. The summed E-state index contributed by atoms with van der Waals surface area (Å²) >= 11 is 3.30. The fourth-order valence-electron chi connectivity index (χ4n) is 9.85. The summed E-state index contributed by atoms with van der Waals surface area (Å²) in [5.41, 5.74) is 15.6. The van der Waals surface area contributed by atoms with Crippen LogP contribution in [-0.2, 0) is 57.2 Å². The van der Waals surface area contributed by atoms with Gasteiger partial charge in [0, 0.05) is 70.7 Å². The van der Waals surface area contributed by atoms with Crippen molar-refractivity contribution in [3.05, 3.63) is 144 Å². The number of amides is 1. The van der Waals surface area contributed by atoms with Crippen LogP contribution in [0.5, 0.6) is 0 Å². The van der Waals surface area contributed by atoms with Gasteiger partial charge in [-0.3, -0.25) is 23.5 Å². The van der Waals surface area contributed by atoms with Crippen LogP contribution in [0.2, 0.25) is 0 Å². The molecule has 14 aromatic heterocycles. The summed E-state index contributed by atoms with van der Waals surface area (Å²) in [6, 6.07) is 14.5. The van der Waals surface area contributed by atoms with Crippen LogP contribution in [0.25, 0.3) is 93.6 Å². The maximum atomic E-state index is 12.0. The van der Waals surface area contributed by atoms with Crippen molar-refractivity contribution in [2.75, 3.05) is 13.2 Å². The molecular formula is C56H52N26O4S2. The van der Waals surface area contributed by atoms with Crippen molar-refractivity contribution >= 4 is 88.4 Å². The molecule has 30 nitrogen and oxygen atoms in total. The van der Waals surface area contributed by atoms with Crippen LogP contribution in [0.1, 0.15) is 41.3 Å². The number of thiazole rings is 1. The van der Waals surface area contributed by atoms with E-state index < -0.39 is 0 Å². The normalized spacial score (nSPS) is 12.5. The van der Waals surface area contributed by atoms with E-state index in [1.54, 1.807) is 94.1 Å². The van der Waals surface area contributed by atoms with Gasteiger partial charge in [-0.25, -0.2) is 48.9 Å². The molecule has 0 aliphatic heterocycles. The summed E-state index contributed by atoms with van der Waals surface area (Å²) < 4.78 is 16.4. The second-order valence-corrected chi connectivity index (χ2v) is 22.6. The molecule has 15 aromatic rings. The van der Waals surface area contributed by atoms with E-state index in [1.807, 2.05) is 75.9 Å². The fraction of sp³-hybridized carbons (Fsp3) is 0.250. The summed E-state index contributed by atoms with van der Waals surface area (Å²) in [4.78, 5) is 44.7. The standard InChI is InChI=1S/C20H17N9OS.C19H18N8O2.C17H17N9OS/c30-18(24-14-2-3-14)10-28-9-13(6-23-28)16-7-21-19-20(25-16)29(27-26-19)8-12-1-4-15-17(5-12)31-11-22-15;28-6-5-26-11-15(8-21-26)16-9-20-18-19(22-16)27(24-23-18)10-13-1-3-25-4-2-14(12-29)17(25)7-13;1-2-25-14-5-12(28-15(14)8-20-25)10-26-17-16(22-23-26)18-7-13(21-17)11-6-19-24(9-11)3-4-27/h1,4-7,9,11,14H,2-3,8,10H2,(H,24,30);1-4,7-9,11,28-29H,5-6,10,12H2;5-9,27H,2-4,10H2,1H3. The molecule has 4 N–H and O–H groups in total. The van der Waals surface area contributed by atoms with E-state index in [0.29, 0.717) is 89.7 Å². The Morgan fingerprint density at radius 1 is 0.591 bits per heavy atom. The molecule has 0 atom stereocenters. The number of benzene rings is 1. The minimum atomic E-state index is -0.0288. The van der Waals surface area contributed by atoms with Crippen molar-refractivity contribution in [3.63, 3.8) is 0 Å². The van der Waals surface area contributed by atoms with E-state index in [1.165, 1.54) is 0 Å². The van der Waals surface area contributed by atoms with Crippen LogP contribution in [0.15, 0.2) is 122 Å². The number of hydrogen-bond acceptors (Lipinski definition) is 23. The molecule has 88 heavy (non-hydrogen) atoms. The molecule has 0 bridgehead atoms. The van der Waals surface area contributed by atoms with E-state index in [2.05, 4.69) is 101 Å². The molecule has 1 aromatic carbocycles. The van der Waals surface area contributed by atoms with E-state index in [4.69, 9.17) is 20.2 Å². The summed E-state index contributed by atoms with van der Waals surface area (Å²) in [5, 5.41) is 72.7. The molecule has 0 radical (unpaired) electrons. The molecular weight excluding hydrogens is 1160 g/mol. The van der Waals surface area contributed by atoms with Crippen molar-refractivity contribution in [2.24, 2.45) is 0 Å². The lowest BCUT2D eigenvalue weighted by atomic mass is 10.2. The summed E-state index contributed by atoms with van der Waals surface area (Å²) in [6.45, 7) is 5.59. The maximum absolute atomic E-state index is 12.0. The minimum absolute atomic E-state index is 0.00892. The average molecular weight is 1220 g/mol. The zero-order valence-corrected chi connectivity index (χ0v) is 48.5. The van der Waals surface area contributed by atoms with Crippen molar-refractivity contribution in [1.82, 2.24) is 129 Å². The second kappa shape index (κ2) is 24.1. The number of hydrogen-bond donors (Lipinski definition) is 4. The van der Waals surface area contributed by atoms with E-state index in [-0.39, 0.29) is 32.3 Å². The van der Waals surface area contributed by atoms with Crippen LogP contribution in [0, 0.1) is 0 Å². The zero-order chi connectivity index (χ0) is 59.7. The van der Waals surface area contributed by atoms with Gasteiger partial charge in [-0.15, -0.1) is 38.0 Å². The predicted octanol–water partition coefficient (Wildman–Crippen LogP) is 4.45. The monoisotopic (exact) mass is 1220 g/mol. The topological polar surface area (TPSA) is 348 Å². The van der Waals surface area contributed by atoms with Gasteiger partial charge in [-0.1, -0.05) is 21.7 Å².